The van der Waals surface area contributed by atoms with Crippen LogP contribution in [0.25, 0.3) is 0 Å². The van der Waals surface area contributed by atoms with E-state index in [1.54, 1.807) is 11.8 Å². The number of nitrogens with one attached hydrogen (secondary N) is 1. The van der Waals surface area contributed by atoms with Gasteiger partial charge in [0.15, 0.2) is 0 Å². The number of benzene rings is 2. The molecule has 0 aliphatic carbocycles. The van der Waals surface area contributed by atoms with Gasteiger partial charge in [0.1, 0.15) is 0 Å². The van der Waals surface area contributed by atoms with Gasteiger partial charge < -0.3 is 11.1 Å². The van der Waals surface area contributed by atoms with E-state index in [4.69, 9.17) is 5.73 Å². The fourth-order valence-electron chi connectivity index (χ4n) is 1.93. The van der Waals surface area contributed by atoms with Gasteiger partial charge in [-0.05, 0) is 48.6 Å². The molecule has 20 heavy (non-hydrogen) atoms. The summed E-state index contributed by atoms with van der Waals surface area (Å²) in [7, 11) is 0. The van der Waals surface area contributed by atoms with E-state index in [-0.39, 0.29) is 5.91 Å². The summed E-state index contributed by atoms with van der Waals surface area (Å²) < 4.78 is 0. The van der Waals surface area contributed by atoms with Gasteiger partial charge in [0, 0.05) is 22.7 Å². The van der Waals surface area contributed by atoms with Gasteiger partial charge in [-0.15, -0.1) is 11.8 Å². The molecule has 0 aliphatic heterocycles. The van der Waals surface area contributed by atoms with Crippen LogP contribution in [0.2, 0.25) is 0 Å². The number of amides is 1. The number of thioether (sulfide) groups is 1. The topological polar surface area (TPSA) is 55.1 Å². The Hall–Kier alpha value is -1.94. The van der Waals surface area contributed by atoms with Crippen molar-refractivity contribution >= 4 is 29.0 Å². The molecule has 2 aromatic rings. The fraction of sp³-hybridized carbons (Fsp3) is 0.188. The van der Waals surface area contributed by atoms with Crippen molar-refractivity contribution in [3.63, 3.8) is 0 Å². The van der Waals surface area contributed by atoms with Gasteiger partial charge in [-0.25, -0.2) is 0 Å². The number of hydrogen-bond acceptors (Lipinski definition) is 3. The predicted octanol–water partition coefficient (Wildman–Crippen LogP) is 3.56. The number of nitrogens with two attached hydrogens (primary N) is 1. The zero-order valence-corrected chi connectivity index (χ0v) is 12.2. The Kier molecular flexibility index (Phi) is 5.07. The minimum Gasteiger partial charge on any atom is -0.399 e. The first-order chi connectivity index (χ1) is 9.67. The average Bonchev–Trinajstić information content (AvgIpc) is 2.45. The minimum absolute atomic E-state index is 0.0191. The lowest BCUT2D eigenvalue weighted by Gasteiger charge is -2.07. The van der Waals surface area contributed by atoms with E-state index in [9.17, 15) is 4.79 Å². The molecular formula is C16H18N2OS. The number of aryl methyl sites for hydroxylation is 1. The quantitative estimate of drug-likeness (QED) is 0.652. The Morgan fingerprint density at radius 2 is 2.00 bits per heavy atom. The number of hydrogen-bond donors (Lipinski definition) is 2. The molecule has 0 radical (unpaired) electrons. The van der Waals surface area contributed by atoms with Crippen molar-refractivity contribution in [3.05, 3.63) is 54.1 Å². The van der Waals surface area contributed by atoms with Gasteiger partial charge >= 0.3 is 0 Å². The molecule has 0 saturated heterocycles. The van der Waals surface area contributed by atoms with E-state index in [1.807, 2.05) is 54.8 Å². The lowest BCUT2D eigenvalue weighted by atomic mass is 10.1. The third-order valence-electron chi connectivity index (χ3n) is 2.95. The standard InChI is InChI=1S/C16H18N2OS/c1-20-15-7-3-6-14(11-15)18-16(19)9-8-12-4-2-5-13(17)10-12/h2-7,10-11H,8-9,17H2,1H3,(H,18,19). The van der Waals surface area contributed by atoms with E-state index in [1.165, 1.54) is 0 Å². The molecule has 104 valence electrons. The Labute approximate surface area is 123 Å². The summed E-state index contributed by atoms with van der Waals surface area (Å²) >= 11 is 1.66. The Morgan fingerprint density at radius 1 is 1.20 bits per heavy atom. The van der Waals surface area contributed by atoms with Crippen molar-refractivity contribution in [3.8, 4) is 0 Å². The zero-order chi connectivity index (χ0) is 14.4. The molecule has 4 heteroatoms. The highest BCUT2D eigenvalue weighted by Gasteiger charge is 2.04. The van der Waals surface area contributed by atoms with Crippen molar-refractivity contribution in [2.75, 3.05) is 17.3 Å². The van der Waals surface area contributed by atoms with Crippen LogP contribution in [-0.4, -0.2) is 12.2 Å². The number of rotatable bonds is 5. The Bertz CT molecular complexity index is 599. The second kappa shape index (κ2) is 7.01. The van der Waals surface area contributed by atoms with Gasteiger partial charge in [-0.2, -0.15) is 0 Å². The summed E-state index contributed by atoms with van der Waals surface area (Å²) in [5.74, 6) is 0.0191. The maximum Gasteiger partial charge on any atom is 0.224 e. The summed E-state index contributed by atoms with van der Waals surface area (Å²) in [4.78, 5) is 13.1. The molecule has 3 N–H and O–H groups in total. The predicted molar refractivity (Wildman–Crippen MR) is 86.0 cm³/mol. The van der Waals surface area contributed by atoms with E-state index in [2.05, 4.69) is 5.32 Å². The van der Waals surface area contributed by atoms with Crippen molar-refractivity contribution in [1.82, 2.24) is 0 Å². The van der Waals surface area contributed by atoms with Crippen LogP contribution in [0.15, 0.2) is 53.4 Å². The van der Waals surface area contributed by atoms with Crippen LogP contribution in [0, 0.1) is 0 Å². The van der Waals surface area contributed by atoms with Crippen LogP contribution in [0.4, 0.5) is 11.4 Å². The van der Waals surface area contributed by atoms with Crippen LogP contribution in [0.1, 0.15) is 12.0 Å². The largest absolute Gasteiger partial charge is 0.399 e. The third-order valence-corrected chi connectivity index (χ3v) is 3.67. The number of carbonyl (C=O) groups is 1. The lowest BCUT2D eigenvalue weighted by molar-refractivity contribution is -0.116. The molecule has 2 aromatic carbocycles. The van der Waals surface area contributed by atoms with Gasteiger partial charge in [-0.3, -0.25) is 4.79 Å². The van der Waals surface area contributed by atoms with Crippen LogP contribution >= 0.6 is 11.8 Å². The molecule has 3 nitrogen and oxygen atoms in total. The van der Waals surface area contributed by atoms with Crippen LogP contribution in [0.5, 0.6) is 0 Å². The normalized spacial score (nSPS) is 10.2. The van der Waals surface area contributed by atoms with E-state index in [0.29, 0.717) is 12.8 Å². The summed E-state index contributed by atoms with van der Waals surface area (Å²) in [6.07, 6.45) is 3.16. The molecule has 0 spiro atoms. The minimum atomic E-state index is 0.0191. The molecule has 0 fully saturated rings. The first-order valence-corrected chi connectivity index (χ1v) is 7.68. The highest BCUT2D eigenvalue weighted by Crippen LogP contribution is 2.19. The summed E-state index contributed by atoms with van der Waals surface area (Å²) in [6, 6.07) is 15.5. The van der Waals surface area contributed by atoms with Crippen LogP contribution in [-0.2, 0) is 11.2 Å². The first kappa shape index (κ1) is 14.5. The maximum absolute atomic E-state index is 11.9. The monoisotopic (exact) mass is 286 g/mol. The third kappa shape index (κ3) is 4.31. The summed E-state index contributed by atoms with van der Waals surface area (Å²) in [5.41, 5.74) is 8.37. The highest BCUT2D eigenvalue weighted by molar-refractivity contribution is 7.98. The molecule has 0 unspecified atom stereocenters. The lowest BCUT2D eigenvalue weighted by Crippen LogP contribution is -2.12. The van der Waals surface area contributed by atoms with E-state index < -0.39 is 0 Å². The summed E-state index contributed by atoms with van der Waals surface area (Å²) in [6.45, 7) is 0. The van der Waals surface area contributed by atoms with E-state index in [0.717, 1.165) is 21.8 Å². The molecule has 2 rings (SSSR count). The van der Waals surface area contributed by atoms with Gasteiger partial charge in [0.05, 0.1) is 0 Å². The van der Waals surface area contributed by atoms with Gasteiger partial charge in [-0.1, -0.05) is 18.2 Å². The molecule has 0 saturated carbocycles. The maximum atomic E-state index is 11.9. The number of nitrogen functional groups attached to an aromatic ring is 1. The van der Waals surface area contributed by atoms with Crippen LogP contribution < -0.4 is 11.1 Å². The Balaban J connectivity index is 1.89. The Morgan fingerprint density at radius 3 is 2.75 bits per heavy atom. The van der Waals surface area contributed by atoms with Crippen molar-refractivity contribution < 1.29 is 4.79 Å². The number of anilines is 2. The smallest absolute Gasteiger partial charge is 0.224 e. The second-order valence-electron chi connectivity index (χ2n) is 4.53. The van der Waals surface area contributed by atoms with Crippen molar-refractivity contribution in [2.45, 2.75) is 17.7 Å². The average molecular weight is 286 g/mol. The van der Waals surface area contributed by atoms with Crippen molar-refractivity contribution in [2.24, 2.45) is 0 Å². The second-order valence-corrected chi connectivity index (χ2v) is 5.40. The SMILES string of the molecule is CSc1cccc(NC(=O)CCc2cccc(N)c2)c1. The van der Waals surface area contributed by atoms with Gasteiger partial charge in [0.25, 0.3) is 0 Å². The van der Waals surface area contributed by atoms with Crippen molar-refractivity contribution in [1.29, 1.82) is 0 Å². The van der Waals surface area contributed by atoms with Crippen LogP contribution in [0.3, 0.4) is 0 Å². The fourth-order valence-corrected chi connectivity index (χ4v) is 2.39. The zero-order valence-electron chi connectivity index (χ0n) is 11.4. The summed E-state index contributed by atoms with van der Waals surface area (Å²) in [5, 5.41) is 2.92. The molecule has 0 aliphatic rings. The van der Waals surface area contributed by atoms with E-state index >= 15 is 0 Å². The molecule has 1 amide bonds. The van der Waals surface area contributed by atoms with Gasteiger partial charge in [0.2, 0.25) is 5.91 Å². The number of carbonyl (C=O) groups excluding carboxylic acids is 1. The molecule has 0 aromatic heterocycles. The molecule has 0 atom stereocenters. The molecule has 0 bridgehead atoms. The molecular weight excluding hydrogens is 268 g/mol. The highest BCUT2D eigenvalue weighted by atomic mass is 32.2. The molecule has 0 heterocycles. The first-order valence-electron chi connectivity index (χ1n) is 6.46.